The van der Waals surface area contributed by atoms with Gasteiger partial charge in [0.25, 0.3) is 5.91 Å². The van der Waals surface area contributed by atoms with Crippen molar-refractivity contribution in [3.63, 3.8) is 0 Å². The number of piperidine rings is 1. The molecule has 1 aliphatic heterocycles. The van der Waals surface area contributed by atoms with Crippen LogP contribution in [-0.4, -0.2) is 35.6 Å². The van der Waals surface area contributed by atoms with Crippen LogP contribution in [0.5, 0.6) is 0 Å². The lowest BCUT2D eigenvalue weighted by atomic mass is 9.97. The van der Waals surface area contributed by atoms with Gasteiger partial charge in [0, 0.05) is 25.3 Å². The zero-order valence-electron chi connectivity index (χ0n) is 10.1. The minimum atomic E-state index is -0.564. The van der Waals surface area contributed by atoms with E-state index in [4.69, 9.17) is 10.8 Å². The number of aliphatic hydroxyl groups is 1. The summed E-state index contributed by atoms with van der Waals surface area (Å²) in [4.78, 5) is 13.8. The number of benzene rings is 1. The highest BCUT2D eigenvalue weighted by Crippen LogP contribution is 2.19. The smallest absolute Gasteiger partial charge is 0.253 e. The Balaban J connectivity index is 2.05. The molecule has 0 aromatic heterocycles. The van der Waals surface area contributed by atoms with E-state index in [2.05, 4.69) is 0 Å². The van der Waals surface area contributed by atoms with Crippen molar-refractivity contribution in [3.8, 4) is 0 Å². The predicted molar refractivity (Wildman–Crippen MR) is 66.5 cm³/mol. The number of carbonyl (C=O) groups is 1. The Hall–Kier alpha value is -1.62. The standard InChI is InChI=1S/C13H17FN2O2/c14-11-7-10(1-2-12(11)15)13(18)16-5-3-9(8-17)4-6-16/h1-2,7,9,17H,3-6,8,15H2. The molecule has 0 unspecified atom stereocenters. The first-order valence-electron chi connectivity index (χ1n) is 6.07. The molecular weight excluding hydrogens is 235 g/mol. The monoisotopic (exact) mass is 252 g/mol. The molecule has 98 valence electrons. The molecule has 2 rings (SSSR count). The number of nitrogen functional groups attached to an aromatic ring is 1. The molecule has 1 aromatic carbocycles. The van der Waals surface area contributed by atoms with Gasteiger partial charge < -0.3 is 15.7 Å². The van der Waals surface area contributed by atoms with Crippen LogP contribution in [0.1, 0.15) is 23.2 Å². The van der Waals surface area contributed by atoms with Gasteiger partial charge in [-0.05, 0) is 37.0 Å². The molecule has 0 radical (unpaired) electrons. The van der Waals surface area contributed by atoms with Crippen LogP contribution in [0.3, 0.4) is 0 Å². The summed E-state index contributed by atoms with van der Waals surface area (Å²) in [5, 5.41) is 9.03. The third-order valence-corrected chi connectivity index (χ3v) is 3.41. The summed E-state index contributed by atoms with van der Waals surface area (Å²) in [7, 11) is 0. The second-order valence-electron chi connectivity index (χ2n) is 4.65. The van der Waals surface area contributed by atoms with E-state index in [0.29, 0.717) is 18.7 Å². The van der Waals surface area contributed by atoms with Crippen molar-refractivity contribution < 1.29 is 14.3 Å². The second-order valence-corrected chi connectivity index (χ2v) is 4.65. The van der Waals surface area contributed by atoms with E-state index in [1.807, 2.05) is 0 Å². The highest BCUT2D eigenvalue weighted by atomic mass is 19.1. The number of amides is 1. The molecule has 4 nitrogen and oxygen atoms in total. The summed E-state index contributed by atoms with van der Waals surface area (Å²) < 4.78 is 13.3. The van der Waals surface area contributed by atoms with E-state index in [9.17, 15) is 9.18 Å². The summed E-state index contributed by atoms with van der Waals surface area (Å²) in [6, 6.07) is 4.12. The SMILES string of the molecule is Nc1ccc(C(=O)N2CCC(CO)CC2)cc1F. The van der Waals surface area contributed by atoms with E-state index in [-0.39, 0.29) is 24.1 Å². The maximum atomic E-state index is 13.3. The topological polar surface area (TPSA) is 66.6 Å². The summed E-state index contributed by atoms with van der Waals surface area (Å²) in [5.41, 5.74) is 5.75. The van der Waals surface area contributed by atoms with Crippen molar-refractivity contribution >= 4 is 11.6 Å². The van der Waals surface area contributed by atoms with Gasteiger partial charge >= 0.3 is 0 Å². The maximum absolute atomic E-state index is 13.3. The maximum Gasteiger partial charge on any atom is 0.253 e. The molecule has 1 aliphatic rings. The third-order valence-electron chi connectivity index (χ3n) is 3.41. The third kappa shape index (κ3) is 2.61. The lowest BCUT2D eigenvalue weighted by Gasteiger charge is -2.31. The summed E-state index contributed by atoms with van der Waals surface area (Å²) in [6.45, 7) is 1.38. The molecule has 0 spiro atoms. The van der Waals surface area contributed by atoms with Gasteiger partial charge in [-0.1, -0.05) is 0 Å². The van der Waals surface area contributed by atoms with Gasteiger partial charge in [0.05, 0.1) is 5.69 Å². The molecule has 1 fully saturated rings. The van der Waals surface area contributed by atoms with Crippen LogP contribution in [-0.2, 0) is 0 Å². The van der Waals surface area contributed by atoms with Crippen molar-refractivity contribution in [1.29, 1.82) is 0 Å². The van der Waals surface area contributed by atoms with Gasteiger partial charge in [0.1, 0.15) is 5.82 Å². The van der Waals surface area contributed by atoms with Gasteiger partial charge in [-0.25, -0.2) is 4.39 Å². The van der Waals surface area contributed by atoms with E-state index in [0.717, 1.165) is 12.8 Å². The number of likely N-dealkylation sites (tertiary alicyclic amines) is 1. The number of aliphatic hydroxyl groups excluding tert-OH is 1. The zero-order valence-corrected chi connectivity index (χ0v) is 10.1. The van der Waals surface area contributed by atoms with Gasteiger partial charge in [0.15, 0.2) is 0 Å². The van der Waals surface area contributed by atoms with Gasteiger partial charge in [-0.3, -0.25) is 4.79 Å². The molecule has 0 aliphatic carbocycles. The molecule has 0 bridgehead atoms. The molecule has 1 amide bonds. The largest absolute Gasteiger partial charge is 0.396 e. The highest BCUT2D eigenvalue weighted by Gasteiger charge is 2.23. The lowest BCUT2D eigenvalue weighted by molar-refractivity contribution is 0.0650. The first-order valence-corrected chi connectivity index (χ1v) is 6.07. The Kier molecular flexibility index (Phi) is 3.81. The van der Waals surface area contributed by atoms with Crippen molar-refractivity contribution in [2.24, 2.45) is 5.92 Å². The minimum Gasteiger partial charge on any atom is -0.396 e. The number of hydrogen-bond acceptors (Lipinski definition) is 3. The number of carbonyl (C=O) groups excluding carboxylic acids is 1. The van der Waals surface area contributed by atoms with Crippen LogP contribution in [0.25, 0.3) is 0 Å². The Morgan fingerprint density at radius 3 is 2.67 bits per heavy atom. The Morgan fingerprint density at radius 1 is 1.44 bits per heavy atom. The van der Waals surface area contributed by atoms with Crippen LogP contribution in [0.2, 0.25) is 0 Å². The predicted octanol–water partition coefficient (Wildman–Crippen LogP) is 1.25. The number of nitrogens with two attached hydrogens (primary N) is 1. The van der Waals surface area contributed by atoms with Crippen LogP contribution >= 0.6 is 0 Å². The Labute approximate surface area is 105 Å². The average Bonchev–Trinajstić information content (AvgIpc) is 2.41. The number of hydrogen-bond donors (Lipinski definition) is 2. The summed E-state index contributed by atoms with van der Waals surface area (Å²) in [6.07, 6.45) is 1.58. The van der Waals surface area contributed by atoms with Crippen LogP contribution in [0.15, 0.2) is 18.2 Å². The fourth-order valence-corrected chi connectivity index (χ4v) is 2.16. The first kappa shape index (κ1) is 12.8. The van der Waals surface area contributed by atoms with E-state index in [1.165, 1.54) is 12.1 Å². The highest BCUT2D eigenvalue weighted by molar-refractivity contribution is 5.94. The number of anilines is 1. The molecule has 18 heavy (non-hydrogen) atoms. The lowest BCUT2D eigenvalue weighted by Crippen LogP contribution is -2.39. The Bertz CT molecular complexity index is 443. The minimum absolute atomic E-state index is 0.0468. The van der Waals surface area contributed by atoms with Crippen LogP contribution in [0.4, 0.5) is 10.1 Å². The zero-order chi connectivity index (χ0) is 13.1. The number of rotatable bonds is 2. The molecule has 3 N–H and O–H groups in total. The van der Waals surface area contributed by atoms with Crippen molar-refractivity contribution in [2.45, 2.75) is 12.8 Å². The molecule has 0 saturated carbocycles. The van der Waals surface area contributed by atoms with Gasteiger partial charge in [-0.15, -0.1) is 0 Å². The summed E-state index contributed by atoms with van der Waals surface area (Å²) >= 11 is 0. The molecule has 1 aromatic rings. The fourth-order valence-electron chi connectivity index (χ4n) is 2.16. The normalized spacial score (nSPS) is 16.9. The fraction of sp³-hybridized carbons (Fsp3) is 0.462. The van der Waals surface area contributed by atoms with Gasteiger partial charge in [-0.2, -0.15) is 0 Å². The van der Waals surface area contributed by atoms with Crippen molar-refractivity contribution in [3.05, 3.63) is 29.6 Å². The van der Waals surface area contributed by atoms with E-state index >= 15 is 0 Å². The van der Waals surface area contributed by atoms with E-state index in [1.54, 1.807) is 11.0 Å². The van der Waals surface area contributed by atoms with Crippen molar-refractivity contribution in [1.82, 2.24) is 4.90 Å². The molecule has 1 heterocycles. The van der Waals surface area contributed by atoms with Crippen molar-refractivity contribution in [2.75, 3.05) is 25.4 Å². The first-order chi connectivity index (χ1) is 8.61. The average molecular weight is 252 g/mol. The quantitative estimate of drug-likeness (QED) is 0.778. The molecule has 0 atom stereocenters. The molecule has 1 saturated heterocycles. The van der Waals surface area contributed by atoms with E-state index < -0.39 is 5.82 Å². The second kappa shape index (κ2) is 5.35. The number of nitrogens with zero attached hydrogens (tertiary/aromatic N) is 1. The number of halogens is 1. The van der Waals surface area contributed by atoms with Crippen LogP contribution in [0, 0.1) is 11.7 Å². The summed E-state index contributed by atoms with van der Waals surface area (Å²) in [5.74, 6) is -0.464. The molecular formula is C13H17FN2O2. The molecule has 5 heteroatoms. The van der Waals surface area contributed by atoms with Crippen LogP contribution < -0.4 is 5.73 Å². The van der Waals surface area contributed by atoms with Gasteiger partial charge in [0.2, 0.25) is 0 Å². The Morgan fingerprint density at radius 2 is 2.11 bits per heavy atom.